The number of sulfonamides is 1. The van der Waals surface area contributed by atoms with E-state index in [-0.39, 0.29) is 11.1 Å². The van der Waals surface area contributed by atoms with Crippen molar-refractivity contribution in [3.8, 4) is 0 Å². The Morgan fingerprint density at radius 2 is 2.24 bits per heavy atom. The Balaban J connectivity index is 2.09. The number of hydrogen-bond donors (Lipinski definition) is 2. The molecule has 2 rings (SSSR count). The second-order valence-corrected chi connectivity index (χ2v) is 6.68. The van der Waals surface area contributed by atoms with Crippen molar-refractivity contribution >= 4 is 26.0 Å². The van der Waals surface area contributed by atoms with Crippen LogP contribution in [-0.4, -0.2) is 30.0 Å². The van der Waals surface area contributed by atoms with Gasteiger partial charge in [0.2, 0.25) is 0 Å². The zero-order valence-corrected chi connectivity index (χ0v) is 11.8. The first kappa shape index (κ1) is 13.0. The summed E-state index contributed by atoms with van der Waals surface area (Å²) >= 11 is 3.45. The highest BCUT2D eigenvalue weighted by atomic mass is 79.9. The van der Waals surface area contributed by atoms with Crippen LogP contribution in [0.2, 0.25) is 0 Å². The Kier molecular flexibility index (Phi) is 4.22. The van der Waals surface area contributed by atoms with E-state index in [0.29, 0.717) is 5.92 Å². The average Bonchev–Trinajstić information content (AvgIpc) is 2.83. The Morgan fingerprint density at radius 1 is 1.47 bits per heavy atom. The van der Waals surface area contributed by atoms with Gasteiger partial charge in [0, 0.05) is 11.4 Å². The summed E-state index contributed by atoms with van der Waals surface area (Å²) in [5.41, 5.74) is 0. The fourth-order valence-electron chi connectivity index (χ4n) is 2.20. The van der Waals surface area contributed by atoms with Crippen molar-refractivity contribution < 1.29 is 8.42 Å². The topological polar surface area (TPSA) is 74.8 Å². The van der Waals surface area contributed by atoms with Gasteiger partial charge in [-0.3, -0.25) is 5.10 Å². The summed E-state index contributed by atoms with van der Waals surface area (Å²) in [4.78, 5) is 0. The summed E-state index contributed by atoms with van der Waals surface area (Å²) in [6, 6.07) is 1.49. The van der Waals surface area contributed by atoms with Crippen molar-refractivity contribution in [2.75, 3.05) is 5.33 Å². The quantitative estimate of drug-likeness (QED) is 0.828. The van der Waals surface area contributed by atoms with Crippen LogP contribution in [0, 0.1) is 5.92 Å². The number of alkyl halides is 1. The summed E-state index contributed by atoms with van der Waals surface area (Å²) in [6.07, 6.45) is 5.68. The van der Waals surface area contributed by atoms with Crippen LogP contribution in [0.25, 0.3) is 0 Å². The molecule has 1 fully saturated rings. The van der Waals surface area contributed by atoms with Crippen molar-refractivity contribution in [2.45, 2.75) is 36.8 Å². The fraction of sp³-hybridized carbons (Fsp3) is 0.700. The lowest BCUT2D eigenvalue weighted by molar-refractivity contribution is 0.316. The van der Waals surface area contributed by atoms with Gasteiger partial charge in [-0.2, -0.15) is 5.10 Å². The van der Waals surface area contributed by atoms with E-state index in [9.17, 15) is 8.42 Å². The van der Waals surface area contributed by atoms with Gasteiger partial charge < -0.3 is 0 Å². The number of aromatic nitrogens is 2. The van der Waals surface area contributed by atoms with Crippen LogP contribution in [0.5, 0.6) is 0 Å². The van der Waals surface area contributed by atoms with Gasteiger partial charge in [-0.25, -0.2) is 13.1 Å². The molecule has 17 heavy (non-hydrogen) atoms. The van der Waals surface area contributed by atoms with Crippen LogP contribution in [0.3, 0.4) is 0 Å². The third-order valence-electron chi connectivity index (χ3n) is 3.18. The number of hydrogen-bond acceptors (Lipinski definition) is 3. The third kappa shape index (κ3) is 3.08. The largest absolute Gasteiger partial charge is 0.266 e. The number of rotatable bonds is 4. The number of aromatic amines is 1. The molecule has 1 aromatic rings. The second-order valence-electron chi connectivity index (χ2n) is 4.35. The highest BCUT2D eigenvalue weighted by molar-refractivity contribution is 9.09. The van der Waals surface area contributed by atoms with Crippen molar-refractivity contribution in [1.29, 1.82) is 0 Å². The van der Waals surface area contributed by atoms with Gasteiger partial charge in [-0.05, 0) is 24.8 Å². The standard InChI is InChI=1S/C10H16BrN3O2S/c11-7-8-3-1-2-4-9(8)14-17(15,16)10-5-6-12-13-10/h5-6,8-9,14H,1-4,7H2,(H,12,13). The zero-order valence-electron chi connectivity index (χ0n) is 9.39. The second kappa shape index (κ2) is 5.49. The van der Waals surface area contributed by atoms with E-state index in [1.165, 1.54) is 18.7 Å². The molecule has 0 aliphatic heterocycles. The minimum absolute atomic E-state index is 0.0245. The maximum atomic E-state index is 12.0. The Hall–Kier alpha value is -0.400. The monoisotopic (exact) mass is 321 g/mol. The molecule has 0 amide bonds. The van der Waals surface area contributed by atoms with Gasteiger partial charge in [0.25, 0.3) is 10.0 Å². The van der Waals surface area contributed by atoms with Crippen LogP contribution >= 0.6 is 15.9 Å². The molecular weight excluding hydrogens is 306 g/mol. The molecular formula is C10H16BrN3O2S. The fourth-order valence-corrected chi connectivity index (χ4v) is 4.23. The molecule has 5 nitrogen and oxygen atoms in total. The van der Waals surface area contributed by atoms with Crippen LogP contribution in [0.4, 0.5) is 0 Å². The number of H-pyrrole nitrogens is 1. The predicted octanol–water partition coefficient (Wildman–Crippen LogP) is 1.64. The summed E-state index contributed by atoms with van der Waals surface area (Å²) in [6.45, 7) is 0. The summed E-state index contributed by atoms with van der Waals surface area (Å²) < 4.78 is 26.8. The molecule has 2 atom stereocenters. The van der Waals surface area contributed by atoms with E-state index < -0.39 is 10.0 Å². The molecule has 1 aliphatic carbocycles. The summed E-state index contributed by atoms with van der Waals surface area (Å²) in [5.74, 6) is 0.376. The predicted molar refractivity (Wildman–Crippen MR) is 68.4 cm³/mol. The number of nitrogens with zero attached hydrogens (tertiary/aromatic N) is 1. The van der Waals surface area contributed by atoms with Gasteiger partial charge in [-0.1, -0.05) is 28.8 Å². The van der Waals surface area contributed by atoms with Crippen molar-refractivity contribution in [3.63, 3.8) is 0 Å². The van der Waals surface area contributed by atoms with Crippen LogP contribution < -0.4 is 4.72 Å². The molecule has 0 radical (unpaired) electrons. The molecule has 1 saturated carbocycles. The van der Waals surface area contributed by atoms with Crippen LogP contribution in [0.15, 0.2) is 17.3 Å². The third-order valence-corrected chi connectivity index (χ3v) is 5.43. The lowest BCUT2D eigenvalue weighted by Gasteiger charge is -2.30. The zero-order chi connectivity index (χ0) is 12.3. The Morgan fingerprint density at radius 3 is 2.88 bits per heavy atom. The van der Waals surface area contributed by atoms with E-state index in [1.54, 1.807) is 0 Å². The highest BCUT2D eigenvalue weighted by Crippen LogP contribution is 2.26. The molecule has 0 bridgehead atoms. The smallest absolute Gasteiger partial charge is 0.257 e. The van der Waals surface area contributed by atoms with Crippen LogP contribution in [0.1, 0.15) is 25.7 Å². The van der Waals surface area contributed by atoms with E-state index in [1.807, 2.05) is 0 Å². The molecule has 0 spiro atoms. The maximum absolute atomic E-state index is 12.0. The van der Waals surface area contributed by atoms with Crippen molar-refractivity contribution in [2.24, 2.45) is 5.92 Å². The minimum Gasteiger partial charge on any atom is -0.266 e. The SMILES string of the molecule is O=S(=O)(NC1CCCCC1CBr)c1ccn[nH]1. The Bertz CT molecular complexity index is 446. The first-order valence-electron chi connectivity index (χ1n) is 5.71. The van der Waals surface area contributed by atoms with Crippen molar-refractivity contribution in [3.05, 3.63) is 12.3 Å². The first-order chi connectivity index (χ1) is 8.13. The van der Waals surface area contributed by atoms with Crippen molar-refractivity contribution in [1.82, 2.24) is 14.9 Å². The van der Waals surface area contributed by atoms with Crippen LogP contribution in [-0.2, 0) is 10.0 Å². The Labute approximate surface area is 110 Å². The van der Waals surface area contributed by atoms with E-state index in [4.69, 9.17) is 0 Å². The van der Waals surface area contributed by atoms with E-state index >= 15 is 0 Å². The molecule has 96 valence electrons. The highest BCUT2D eigenvalue weighted by Gasteiger charge is 2.29. The molecule has 1 aromatic heterocycles. The van der Waals surface area contributed by atoms with Gasteiger partial charge in [-0.15, -0.1) is 0 Å². The first-order valence-corrected chi connectivity index (χ1v) is 8.31. The molecule has 1 aliphatic rings. The van der Waals surface area contributed by atoms with E-state index in [0.717, 1.165) is 24.6 Å². The lowest BCUT2D eigenvalue weighted by Crippen LogP contribution is -2.42. The molecule has 2 unspecified atom stereocenters. The molecule has 1 heterocycles. The normalized spacial score (nSPS) is 25.9. The molecule has 0 aromatic carbocycles. The van der Waals surface area contributed by atoms with Gasteiger partial charge in [0.15, 0.2) is 5.03 Å². The van der Waals surface area contributed by atoms with E-state index in [2.05, 4.69) is 30.8 Å². The van der Waals surface area contributed by atoms with Gasteiger partial charge in [0.05, 0.1) is 6.20 Å². The summed E-state index contributed by atoms with van der Waals surface area (Å²) in [7, 11) is -3.45. The van der Waals surface area contributed by atoms with Gasteiger partial charge >= 0.3 is 0 Å². The maximum Gasteiger partial charge on any atom is 0.257 e. The minimum atomic E-state index is -3.45. The average molecular weight is 322 g/mol. The molecule has 7 heteroatoms. The van der Waals surface area contributed by atoms with Gasteiger partial charge in [0.1, 0.15) is 0 Å². The summed E-state index contributed by atoms with van der Waals surface area (Å²) in [5, 5.41) is 7.13. The number of nitrogens with one attached hydrogen (secondary N) is 2. The lowest BCUT2D eigenvalue weighted by atomic mass is 9.87. The number of halogens is 1. The molecule has 0 saturated heterocycles. The molecule has 2 N–H and O–H groups in total.